The lowest BCUT2D eigenvalue weighted by molar-refractivity contribution is -0.121. The maximum absolute atomic E-state index is 12.2. The SMILES string of the molecule is Cc1noc(C)c1CCC(=O)NC1CCc2c(Br)cccc21. The predicted molar refractivity (Wildman–Crippen MR) is 87.6 cm³/mol. The first-order valence-corrected chi connectivity index (χ1v) is 8.34. The van der Waals surface area contributed by atoms with Crippen LogP contribution >= 0.6 is 15.9 Å². The highest BCUT2D eigenvalue weighted by Gasteiger charge is 2.25. The Hall–Kier alpha value is -1.62. The number of amides is 1. The molecule has 0 radical (unpaired) electrons. The van der Waals surface area contributed by atoms with Gasteiger partial charge in [0.25, 0.3) is 0 Å². The number of carbonyl (C=O) groups excluding carboxylic acids is 1. The van der Waals surface area contributed by atoms with Gasteiger partial charge in [0.15, 0.2) is 0 Å². The van der Waals surface area contributed by atoms with Crippen molar-refractivity contribution in [1.82, 2.24) is 10.5 Å². The van der Waals surface area contributed by atoms with Crippen molar-refractivity contribution in [3.63, 3.8) is 0 Å². The molecule has 1 unspecified atom stereocenters. The third-order valence-electron chi connectivity index (χ3n) is 4.33. The maximum Gasteiger partial charge on any atom is 0.220 e. The average molecular weight is 363 g/mol. The van der Waals surface area contributed by atoms with Gasteiger partial charge in [0.2, 0.25) is 5.91 Å². The molecule has 1 aromatic carbocycles. The van der Waals surface area contributed by atoms with Crippen LogP contribution in [0.5, 0.6) is 0 Å². The Morgan fingerprint density at radius 1 is 1.45 bits per heavy atom. The van der Waals surface area contributed by atoms with Crippen LogP contribution in [-0.2, 0) is 17.6 Å². The van der Waals surface area contributed by atoms with Crippen molar-refractivity contribution in [2.75, 3.05) is 0 Å². The minimum atomic E-state index is 0.0813. The third kappa shape index (κ3) is 2.95. The molecular weight excluding hydrogens is 344 g/mol. The van der Waals surface area contributed by atoms with Gasteiger partial charge in [0.1, 0.15) is 5.76 Å². The minimum Gasteiger partial charge on any atom is -0.361 e. The number of hydrogen-bond donors (Lipinski definition) is 1. The molecule has 4 nitrogen and oxygen atoms in total. The summed E-state index contributed by atoms with van der Waals surface area (Å²) in [6, 6.07) is 6.31. The molecule has 1 aliphatic carbocycles. The Balaban J connectivity index is 1.61. The van der Waals surface area contributed by atoms with Crippen molar-refractivity contribution >= 4 is 21.8 Å². The van der Waals surface area contributed by atoms with Gasteiger partial charge in [0.05, 0.1) is 11.7 Å². The Bertz CT molecular complexity index is 689. The fourth-order valence-electron chi connectivity index (χ4n) is 3.12. The second kappa shape index (κ2) is 6.24. The van der Waals surface area contributed by atoms with Crippen LogP contribution in [0.25, 0.3) is 0 Å². The second-order valence-electron chi connectivity index (χ2n) is 5.77. The highest BCUT2D eigenvalue weighted by Crippen LogP contribution is 2.35. The summed E-state index contributed by atoms with van der Waals surface area (Å²) < 4.78 is 6.27. The predicted octanol–water partition coefficient (Wildman–Crippen LogP) is 3.79. The molecule has 0 fully saturated rings. The summed E-state index contributed by atoms with van der Waals surface area (Å²) in [5, 5.41) is 7.08. The number of fused-ring (bicyclic) bond motifs is 1. The Kier molecular flexibility index (Phi) is 4.34. The van der Waals surface area contributed by atoms with Crippen molar-refractivity contribution in [2.45, 2.75) is 45.6 Å². The highest BCUT2D eigenvalue weighted by atomic mass is 79.9. The van der Waals surface area contributed by atoms with E-state index in [0.29, 0.717) is 12.8 Å². The Morgan fingerprint density at radius 3 is 3.00 bits per heavy atom. The standard InChI is InChI=1S/C17H19BrN2O2/c1-10-12(11(2)22-20-10)7-9-17(21)19-16-8-6-13-14(16)4-3-5-15(13)18/h3-5,16H,6-9H2,1-2H3,(H,19,21). The number of nitrogens with one attached hydrogen (secondary N) is 1. The fourth-order valence-corrected chi connectivity index (χ4v) is 3.70. The molecule has 0 spiro atoms. The molecule has 0 saturated heterocycles. The number of rotatable bonds is 4. The van der Waals surface area contributed by atoms with E-state index in [1.165, 1.54) is 11.1 Å². The summed E-state index contributed by atoms with van der Waals surface area (Å²) in [5.41, 5.74) is 4.48. The first-order chi connectivity index (χ1) is 10.6. The van der Waals surface area contributed by atoms with Crippen LogP contribution in [0.4, 0.5) is 0 Å². The second-order valence-corrected chi connectivity index (χ2v) is 6.62. The smallest absolute Gasteiger partial charge is 0.220 e. The van der Waals surface area contributed by atoms with E-state index in [0.717, 1.165) is 34.3 Å². The molecule has 5 heteroatoms. The highest BCUT2D eigenvalue weighted by molar-refractivity contribution is 9.10. The van der Waals surface area contributed by atoms with Crippen LogP contribution in [0.3, 0.4) is 0 Å². The lowest BCUT2D eigenvalue weighted by atomic mass is 10.1. The Labute approximate surface area is 138 Å². The number of benzene rings is 1. The molecule has 116 valence electrons. The van der Waals surface area contributed by atoms with Crippen LogP contribution in [0.1, 0.15) is 47.0 Å². The number of nitrogens with zero attached hydrogens (tertiary/aromatic N) is 1. The van der Waals surface area contributed by atoms with E-state index in [9.17, 15) is 4.79 Å². The normalized spacial score (nSPS) is 16.6. The molecule has 0 bridgehead atoms. The van der Waals surface area contributed by atoms with Crippen LogP contribution in [-0.4, -0.2) is 11.1 Å². The molecular formula is C17H19BrN2O2. The first kappa shape index (κ1) is 15.3. The van der Waals surface area contributed by atoms with Crippen molar-refractivity contribution in [3.05, 3.63) is 50.8 Å². The van der Waals surface area contributed by atoms with E-state index in [1.54, 1.807) is 0 Å². The number of aromatic nitrogens is 1. The summed E-state index contributed by atoms with van der Waals surface area (Å²) in [5.74, 6) is 0.887. The lowest BCUT2D eigenvalue weighted by Crippen LogP contribution is -2.27. The third-order valence-corrected chi connectivity index (χ3v) is 5.07. The number of carbonyl (C=O) groups is 1. The van der Waals surface area contributed by atoms with Gasteiger partial charge >= 0.3 is 0 Å². The monoisotopic (exact) mass is 362 g/mol. The zero-order chi connectivity index (χ0) is 15.7. The molecule has 1 heterocycles. The van der Waals surface area contributed by atoms with Crippen LogP contribution in [0.2, 0.25) is 0 Å². The molecule has 1 amide bonds. The first-order valence-electron chi connectivity index (χ1n) is 7.54. The van der Waals surface area contributed by atoms with Crippen molar-refractivity contribution in [2.24, 2.45) is 0 Å². The number of aryl methyl sites for hydroxylation is 2. The maximum atomic E-state index is 12.2. The lowest BCUT2D eigenvalue weighted by Gasteiger charge is -2.14. The van der Waals surface area contributed by atoms with E-state index in [4.69, 9.17) is 4.52 Å². The van der Waals surface area contributed by atoms with E-state index in [2.05, 4.69) is 38.5 Å². The minimum absolute atomic E-state index is 0.0813. The molecule has 0 aliphatic heterocycles. The van der Waals surface area contributed by atoms with Crippen molar-refractivity contribution < 1.29 is 9.32 Å². The summed E-state index contributed by atoms with van der Waals surface area (Å²) in [4.78, 5) is 12.2. The van der Waals surface area contributed by atoms with Gasteiger partial charge in [0, 0.05) is 16.5 Å². The van der Waals surface area contributed by atoms with Gasteiger partial charge in [-0.15, -0.1) is 0 Å². The van der Waals surface area contributed by atoms with Crippen molar-refractivity contribution in [1.29, 1.82) is 0 Å². The van der Waals surface area contributed by atoms with Crippen LogP contribution in [0, 0.1) is 13.8 Å². The van der Waals surface area contributed by atoms with Crippen molar-refractivity contribution in [3.8, 4) is 0 Å². The van der Waals surface area contributed by atoms with E-state index >= 15 is 0 Å². The molecule has 1 aliphatic rings. The van der Waals surface area contributed by atoms with Crippen LogP contribution in [0.15, 0.2) is 27.2 Å². The summed E-state index contributed by atoms with van der Waals surface area (Å²) in [6.07, 6.45) is 3.11. The summed E-state index contributed by atoms with van der Waals surface area (Å²) in [6.45, 7) is 3.80. The average Bonchev–Trinajstić information content (AvgIpc) is 3.03. The van der Waals surface area contributed by atoms with Gasteiger partial charge in [-0.2, -0.15) is 0 Å². The van der Waals surface area contributed by atoms with E-state index in [-0.39, 0.29) is 11.9 Å². The van der Waals surface area contributed by atoms with Gasteiger partial charge in [-0.05, 0) is 50.3 Å². The van der Waals surface area contributed by atoms with E-state index < -0.39 is 0 Å². The zero-order valence-corrected chi connectivity index (χ0v) is 14.4. The van der Waals surface area contributed by atoms with Gasteiger partial charge in [-0.1, -0.05) is 33.2 Å². The van der Waals surface area contributed by atoms with Crippen LogP contribution < -0.4 is 5.32 Å². The summed E-state index contributed by atoms with van der Waals surface area (Å²) >= 11 is 3.58. The molecule has 1 N–H and O–H groups in total. The molecule has 2 aromatic rings. The van der Waals surface area contributed by atoms with Gasteiger partial charge < -0.3 is 9.84 Å². The molecule has 22 heavy (non-hydrogen) atoms. The fraction of sp³-hybridized carbons (Fsp3) is 0.412. The number of hydrogen-bond acceptors (Lipinski definition) is 3. The van der Waals surface area contributed by atoms with E-state index in [1.807, 2.05) is 19.9 Å². The summed E-state index contributed by atoms with van der Waals surface area (Å²) in [7, 11) is 0. The Morgan fingerprint density at radius 2 is 2.27 bits per heavy atom. The number of halogens is 1. The molecule has 0 saturated carbocycles. The molecule has 3 rings (SSSR count). The largest absolute Gasteiger partial charge is 0.361 e. The molecule has 1 atom stereocenters. The topological polar surface area (TPSA) is 55.1 Å². The van der Waals surface area contributed by atoms with Gasteiger partial charge in [-0.25, -0.2) is 0 Å². The van der Waals surface area contributed by atoms with Gasteiger partial charge in [-0.3, -0.25) is 4.79 Å². The quantitative estimate of drug-likeness (QED) is 0.899. The molecule has 1 aromatic heterocycles. The zero-order valence-electron chi connectivity index (χ0n) is 12.8.